The highest BCUT2D eigenvalue weighted by Crippen LogP contribution is 2.17. The maximum absolute atomic E-state index is 12.9. The summed E-state index contributed by atoms with van der Waals surface area (Å²) in [5, 5.41) is 3.18. The lowest BCUT2D eigenvalue weighted by atomic mass is 10.2. The molecular formula is C10H11ClFN3. The number of halogens is 2. The molecule has 80 valence electrons. The molecule has 0 saturated heterocycles. The second kappa shape index (κ2) is 4.59. The van der Waals surface area contributed by atoms with Crippen LogP contribution in [0.25, 0.3) is 0 Å². The molecule has 0 spiro atoms. The summed E-state index contributed by atoms with van der Waals surface area (Å²) in [5.41, 5.74) is 0.986. The van der Waals surface area contributed by atoms with Crippen molar-refractivity contribution >= 4 is 17.9 Å². The van der Waals surface area contributed by atoms with E-state index in [2.05, 4.69) is 15.2 Å². The van der Waals surface area contributed by atoms with Crippen LogP contribution in [0.2, 0.25) is 5.02 Å². The molecule has 0 fully saturated rings. The van der Waals surface area contributed by atoms with Crippen molar-refractivity contribution in [2.45, 2.75) is 6.54 Å². The first kappa shape index (κ1) is 10.4. The van der Waals surface area contributed by atoms with Gasteiger partial charge in [0.2, 0.25) is 0 Å². The molecule has 0 bridgehead atoms. The van der Waals surface area contributed by atoms with Gasteiger partial charge in [0.15, 0.2) is 0 Å². The van der Waals surface area contributed by atoms with Gasteiger partial charge in [-0.15, -0.1) is 0 Å². The Bertz CT molecular complexity index is 381. The highest BCUT2D eigenvalue weighted by Gasteiger charge is 2.08. The fourth-order valence-corrected chi connectivity index (χ4v) is 1.65. The van der Waals surface area contributed by atoms with Gasteiger partial charge in [0, 0.05) is 6.54 Å². The molecule has 0 amide bonds. The van der Waals surface area contributed by atoms with Gasteiger partial charge in [0.05, 0.1) is 24.7 Å². The molecule has 0 atom stereocenters. The predicted octanol–water partition coefficient (Wildman–Crippen LogP) is 1.83. The number of hydrogen-bond acceptors (Lipinski definition) is 3. The summed E-state index contributed by atoms with van der Waals surface area (Å²) < 4.78 is 12.9. The van der Waals surface area contributed by atoms with E-state index in [1.54, 1.807) is 18.5 Å². The molecule has 0 radical (unpaired) electrons. The second-order valence-electron chi connectivity index (χ2n) is 3.39. The normalized spacial score (nSPS) is 16.4. The zero-order valence-electron chi connectivity index (χ0n) is 8.08. The van der Waals surface area contributed by atoms with Crippen LogP contribution < -0.4 is 5.32 Å². The first-order chi connectivity index (χ1) is 7.25. The Hall–Kier alpha value is -1.13. The molecule has 3 nitrogen and oxygen atoms in total. The number of nitrogens with zero attached hydrogens (tertiary/aromatic N) is 2. The maximum Gasteiger partial charge on any atom is 0.141 e. The summed E-state index contributed by atoms with van der Waals surface area (Å²) in [6.07, 6.45) is 1.69. The van der Waals surface area contributed by atoms with Gasteiger partial charge >= 0.3 is 0 Å². The van der Waals surface area contributed by atoms with Crippen LogP contribution in [0.5, 0.6) is 0 Å². The van der Waals surface area contributed by atoms with Gasteiger partial charge in [-0.2, -0.15) is 0 Å². The molecule has 0 saturated carbocycles. The van der Waals surface area contributed by atoms with E-state index in [1.165, 1.54) is 6.07 Å². The standard InChI is InChI=1S/C10H11ClFN3/c11-9-3-8(1-2-10(9)12)4-15-6-13-5-14-7-15/h1-3,5H,4,6-7H2,(H,13,14). The fraction of sp³-hybridized carbons (Fsp3) is 0.300. The third-order valence-corrected chi connectivity index (χ3v) is 2.46. The van der Waals surface area contributed by atoms with Gasteiger partial charge in [0.25, 0.3) is 0 Å². The van der Waals surface area contributed by atoms with Crippen molar-refractivity contribution in [3.63, 3.8) is 0 Å². The molecule has 2 rings (SSSR count). The SMILES string of the molecule is Fc1ccc(CN2CN=CNC2)cc1Cl. The van der Waals surface area contributed by atoms with Crippen LogP contribution in [-0.4, -0.2) is 24.6 Å². The molecule has 0 unspecified atom stereocenters. The lowest BCUT2D eigenvalue weighted by Gasteiger charge is -2.23. The van der Waals surface area contributed by atoms with Crippen molar-refractivity contribution in [2.75, 3.05) is 13.3 Å². The van der Waals surface area contributed by atoms with Gasteiger partial charge in [-0.3, -0.25) is 9.89 Å². The maximum atomic E-state index is 12.9. The summed E-state index contributed by atoms with van der Waals surface area (Å²) in [6, 6.07) is 4.77. The quantitative estimate of drug-likeness (QED) is 0.835. The molecule has 15 heavy (non-hydrogen) atoms. The highest BCUT2D eigenvalue weighted by atomic mass is 35.5. The van der Waals surface area contributed by atoms with E-state index >= 15 is 0 Å². The van der Waals surface area contributed by atoms with E-state index in [0.29, 0.717) is 13.2 Å². The molecule has 5 heteroatoms. The van der Waals surface area contributed by atoms with E-state index in [4.69, 9.17) is 11.6 Å². The van der Waals surface area contributed by atoms with E-state index in [1.807, 2.05) is 0 Å². The number of nitrogens with one attached hydrogen (secondary N) is 1. The summed E-state index contributed by atoms with van der Waals surface area (Å²) in [6.45, 7) is 2.12. The first-order valence-corrected chi connectivity index (χ1v) is 5.01. The van der Waals surface area contributed by atoms with Crippen molar-refractivity contribution in [1.29, 1.82) is 0 Å². The minimum atomic E-state index is -0.379. The molecule has 0 aromatic heterocycles. The Labute approximate surface area is 92.6 Å². The average Bonchev–Trinajstić information content (AvgIpc) is 2.25. The van der Waals surface area contributed by atoms with Crippen LogP contribution in [0.1, 0.15) is 5.56 Å². The minimum absolute atomic E-state index is 0.168. The Balaban J connectivity index is 2.04. The molecule has 1 N–H and O–H groups in total. The summed E-state index contributed by atoms with van der Waals surface area (Å²) >= 11 is 5.69. The molecular weight excluding hydrogens is 217 g/mol. The van der Waals surface area contributed by atoms with Crippen LogP contribution in [0.3, 0.4) is 0 Å². The molecule has 1 aromatic rings. The lowest BCUT2D eigenvalue weighted by Crippen LogP contribution is -2.37. The van der Waals surface area contributed by atoms with E-state index in [-0.39, 0.29) is 10.8 Å². The van der Waals surface area contributed by atoms with Crippen molar-refractivity contribution in [1.82, 2.24) is 10.2 Å². The van der Waals surface area contributed by atoms with Crippen molar-refractivity contribution in [2.24, 2.45) is 4.99 Å². The van der Waals surface area contributed by atoms with Crippen LogP contribution in [-0.2, 0) is 6.54 Å². The monoisotopic (exact) mass is 227 g/mol. The van der Waals surface area contributed by atoms with Gasteiger partial charge in [-0.05, 0) is 17.7 Å². The Morgan fingerprint density at radius 2 is 2.40 bits per heavy atom. The number of rotatable bonds is 2. The Morgan fingerprint density at radius 3 is 3.07 bits per heavy atom. The van der Waals surface area contributed by atoms with Gasteiger partial charge < -0.3 is 5.32 Å². The van der Waals surface area contributed by atoms with Crippen molar-refractivity contribution in [3.8, 4) is 0 Å². The molecule has 0 aliphatic carbocycles. The third-order valence-electron chi connectivity index (χ3n) is 2.17. The van der Waals surface area contributed by atoms with E-state index in [9.17, 15) is 4.39 Å². The number of hydrogen-bond donors (Lipinski definition) is 1. The van der Waals surface area contributed by atoms with Crippen LogP contribution in [0.4, 0.5) is 4.39 Å². The van der Waals surface area contributed by atoms with Gasteiger partial charge in [-0.25, -0.2) is 4.39 Å². The molecule has 1 aliphatic rings. The lowest BCUT2D eigenvalue weighted by molar-refractivity contribution is 0.259. The summed E-state index contributed by atoms with van der Waals surface area (Å²) in [5.74, 6) is -0.379. The molecule has 1 heterocycles. The zero-order chi connectivity index (χ0) is 10.7. The van der Waals surface area contributed by atoms with E-state index < -0.39 is 0 Å². The topological polar surface area (TPSA) is 27.6 Å². The fourth-order valence-electron chi connectivity index (χ4n) is 1.44. The highest BCUT2D eigenvalue weighted by molar-refractivity contribution is 6.30. The minimum Gasteiger partial charge on any atom is -0.364 e. The second-order valence-corrected chi connectivity index (χ2v) is 3.80. The third kappa shape index (κ3) is 2.67. The largest absolute Gasteiger partial charge is 0.364 e. The summed E-state index contributed by atoms with van der Waals surface area (Å²) in [4.78, 5) is 6.16. The first-order valence-electron chi connectivity index (χ1n) is 4.63. The van der Waals surface area contributed by atoms with Crippen LogP contribution in [0.15, 0.2) is 23.2 Å². The molecule has 1 aromatic carbocycles. The van der Waals surface area contributed by atoms with Gasteiger partial charge in [-0.1, -0.05) is 17.7 Å². The zero-order valence-corrected chi connectivity index (χ0v) is 8.84. The van der Waals surface area contributed by atoms with Crippen LogP contribution >= 0.6 is 11.6 Å². The number of aliphatic imine (C=N–C) groups is 1. The average molecular weight is 228 g/mol. The predicted molar refractivity (Wildman–Crippen MR) is 58.3 cm³/mol. The smallest absolute Gasteiger partial charge is 0.141 e. The van der Waals surface area contributed by atoms with Gasteiger partial charge in [0.1, 0.15) is 5.82 Å². The van der Waals surface area contributed by atoms with Crippen molar-refractivity contribution < 1.29 is 4.39 Å². The van der Waals surface area contributed by atoms with E-state index in [0.717, 1.165) is 12.2 Å². The molecule has 1 aliphatic heterocycles. The summed E-state index contributed by atoms with van der Waals surface area (Å²) in [7, 11) is 0. The van der Waals surface area contributed by atoms with Crippen LogP contribution in [0, 0.1) is 5.82 Å². The Morgan fingerprint density at radius 1 is 1.53 bits per heavy atom. The Kier molecular flexibility index (Phi) is 3.18. The van der Waals surface area contributed by atoms with Crippen molar-refractivity contribution in [3.05, 3.63) is 34.6 Å². The number of benzene rings is 1.